The van der Waals surface area contributed by atoms with Crippen molar-refractivity contribution in [3.05, 3.63) is 33.2 Å². The van der Waals surface area contributed by atoms with E-state index in [0.717, 1.165) is 43.6 Å². The van der Waals surface area contributed by atoms with E-state index in [1.54, 1.807) is 0 Å². The van der Waals surface area contributed by atoms with Crippen LogP contribution in [-0.4, -0.2) is 54.4 Å². The first-order chi connectivity index (χ1) is 12.0. The zero-order valence-electron chi connectivity index (χ0n) is 15.6. The maximum Gasteiger partial charge on any atom is 0.261 e. The van der Waals surface area contributed by atoms with Gasteiger partial charge in [-0.3, -0.25) is 9.59 Å². The number of aromatic amines is 1. The number of pyridine rings is 1. The number of carbonyl (C=O) groups is 1. The SMILES string of the molecule is CN(C)CCN(CC1CCCCC1)C(=O)c1cc2c([nH]c1=O)CCC2. The van der Waals surface area contributed by atoms with Crippen molar-refractivity contribution in [2.45, 2.75) is 51.4 Å². The Morgan fingerprint density at radius 1 is 1.12 bits per heavy atom. The Hall–Kier alpha value is -1.62. The highest BCUT2D eigenvalue weighted by Crippen LogP contribution is 2.25. The lowest BCUT2D eigenvalue weighted by atomic mass is 9.89. The molecule has 5 nitrogen and oxygen atoms in total. The average molecular weight is 345 g/mol. The maximum atomic E-state index is 13.1. The van der Waals surface area contributed by atoms with Gasteiger partial charge in [0.1, 0.15) is 5.56 Å². The minimum absolute atomic E-state index is 0.0941. The number of nitrogens with one attached hydrogen (secondary N) is 1. The molecule has 0 saturated heterocycles. The van der Waals surface area contributed by atoms with Gasteiger partial charge >= 0.3 is 0 Å². The van der Waals surface area contributed by atoms with Gasteiger partial charge in [0, 0.05) is 25.3 Å². The van der Waals surface area contributed by atoms with Gasteiger partial charge in [-0.05, 0) is 63.7 Å². The number of aryl methyl sites for hydroxylation is 2. The molecule has 2 aliphatic carbocycles. The molecule has 0 bridgehead atoms. The van der Waals surface area contributed by atoms with Crippen LogP contribution in [0.5, 0.6) is 0 Å². The van der Waals surface area contributed by atoms with Gasteiger partial charge in [-0.1, -0.05) is 19.3 Å². The summed E-state index contributed by atoms with van der Waals surface area (Å²) in [7, 11) is 4.04. The molecule has 0 atom stereocenters. The average Bonchev–Trinajstić information content (AvgIpc) is 3.05. The van der Waals surface area contributed by atoms with Crippen LogP contribution in [0.4, 0.5) is 0 Å². The van der Waals surface area contributed by atoms with E-state index < -0.39 is 0 Å². The van der Waals surface area contributed by atoms with Crippen molar-refractivity contribution in [2.75, 3.05) is 33.7 Å². The van der Waals surface area contributed by atoms with Crippen LogP contribution in [0.25, 0.3) is 0 Å². The molecule has 1 fully saturated rings. The summed E-state index contributed by atoms with van der Waals surface area (Å²) in [5.41, 5.74) is 2.28. The van der Waals surface area contributed by atoms with E-state index in [4.69, 9.17) is 0 Å². The third kappa shape index (κ3) is 4.51. The zero-order chi connectivity index (χ0) is 17.8. The Bertz CT molecular complexity index is 659. The normalized spacial score (nSPS) is 17.7. The van der Waals surface area contributed by atoms with E-state index in [1.807, 2.05) is 25.1 Å². The topological polar surface area (TPSA) is 56.4 Å². The quantitative estimate of drug-likeness (QED) is 0.862. The molecular formula is C20H31N3O2. The van der Waals surface area contributed by atoms with Crippen molar-refractivity contribution in [3.63, 3.8) is 0 Å². The smallest absolute Gasteiger partial charge is 0.261 e. The van der Waals surface area contributed by atoms with Crippen molar-refractivity contribution >= 4 is 5.91 Å². The molecule has 0 radical (unpaired) electrons. The van der Waals surface area contributed by atoms with Crippen LogP contribution in [0.3, 0.4) is 0 Å². The number of hydrogen-bond acceptors (Lipinski definition) is 3. The monoisotopic (exact) mass is 345 g/mol. The Morgan fingerprint density at radius 3 is 2.60 bits per heavy atom. The maximum absolute atomic E-state index is 13.1. The molecule has 0 aliphatic heterocycles. The molecule has 1 saturated carbocycles. The number of likely N-dealkylation sites (N-methyl/N-ethyl adjacent to an activating group) is 1. The number of aromatic nitrogens is 1. The lowest BCUT2D eigenvalue weighted by Gasteiger charge is -2.30. The molecule has 1 aromatic rings. The molecule has 0 aromatic carbocycles. The van der Waals surface area contributed by atoms with Crippen LogP contribution in [0.1, 0.15) is 60.1 Å². The second-order valence-electron chi connectivity index (χ2n) is 7.93. The number of rotatable bonds is 6. The Labute approximate surface area is 150 Å². The second kappa shape index (κ2) is 8.17. The first-order valence-electron chi connectivity index (χ1n) is 9.73. The number of carbonyl (C=O) groups excluding carboxylic acids is 1. The fraction of sp³-hybridized carbons (Fsp3) is 0.700. The van der Waals surface area contributed by atoms with Gasteiger partial charge in [0.15, 0.2) is 0 Å². The molecule has 138 valence electrons. The van der Waals surface area contributed by atoms with Crippen LogP contribution in [0, 0.1) is 5.92 Å². The van der Waals surface area contributed by atoms with E-state index in [-0.39, 0.29) is 11.5 Å². The minimum Gasteiger partial charge on any atom is -0.337 e. The predicted molar refractivity (Wildman–Crippen MR) is 100 cm³/mol. The van der Waals surface area contributed by atoms with E-state index in [9.17, 15) is 9.59 Å². The molecule has 1 heterocycles. The van der Waals surface area contributed by atoms with Crippen molar-refractivity contribution in [3.8, 4) is 0 Å². The summed E-state index contributed by atoms with van der Waals surface area (Å²) in [5, 5.41) is 0. The molecule has 25 heavy (non-hydrogen) atoms. The third-order valence-electron chi connectivity index (χ3n) is 5.63. The summed E-state index contributed by atoms with van der Waals surface area (Å²) in [5.74, 6) is 0.483. The summed E-state index contributed by atoms with van der Waals surface area (Å²) in [4.78, 5) is 32.5. The Balaban J connectivity index is 1.79. The number of amides is 1. The minimum atomic E-state index is -0.218. The first kappa shape index (κ1) is 18.2. The van der Waals surface area contributed by atoms with Gasteiger partial charge < -0.3 is 14.8 Å². The standard InChI is InChI=1S/C20H31N3O2/c1-22(2)11-12-23(14-15-7-4-3-5-8-15)20(25)17-13-16-9-6-10-18(16)21-19(17)24/h13,15H,3-12,14H2,1-2H3,(H,21,24). The summed E-state index contributed by atoms with van der Waals surface area (Å²) in [6, 6.07) is 1.85. The lowest BCUT2D eigenvalue weighted by molar-refractivity contribution is 0.0699. The molecule has 5 heteroatoms. The Morgan fingerprint density at radius 2 is 1.88 bits per heavy atom. The second-order valence-corrected chi connectivity index (χ2v) is 7.93. The molecule has 1 amide bonds. The molecule has 0 spiro atoms. The van der Waals surface area contributed by atoms with Crippen molar-refractivity contribution in [2.24, 2.45) is 5.92 Å². The molecule has 1 aromatic heterocycles. The summed E-state index contributed by atoms with van der Waals surface area (Å²) < 4.78 is 0. The van der Waals surface area contributed by atoms with E-state index in [1.165, 1.54) is 32.1 Å². The number of H-pyrrole nitrogens is 1. The Kier molecular flexibility index (Phi) is 5.94. The number of fused-ring (bicyclic) bond motifs is 1. The highest BCUT2D eigenvalue weighted by molar-refractivity contribution is 5.94. The largest absolute Gasteiger partial charge is 0.337 e. The summed E-state index contributed by atoms with van der Waals surface area (Å²) in [6.45, 7) is 2.28. The van der Waals surface area contributed by atoms with Crippen molar-refractivity contribution < 1.29 is 4.79 Å². The van der Waals surface area contributed by atoms with E-state index in [0.29, 0.717) is 18.0 Å². The third-order valence-corrected chi connectivity index (χ3v) is 5.63. The highest BCUT2D eigenvalue weighted by Gasteiger charge is 2.25. The zero-order valence-corrected chi connectivity index (χ0v) is 15.6. The van der Waals surface area contributed by atoms with Gasteiger partial charge in [-0.15, -0.1) is 0 Å². The van der Waals surface area contributed by atoms with Crippen LogP contribution in [0.15, 0.2) is 10.9 Å². The van der Waals surface area contributed by atoms with Crippen LogP contribution in [0.2, 0.25) is 0 Å². The van der Waals surface area contributed by atoms with Gasteiger partial charge in [0.25, 0.3) is 11.5 Å². The first-order valence-corrected chi connectivity index (χ1v) is 9.73. The molecule has 1 N–H and O–H groups in total. The molecular weight excluding hydrogens is 314 g/mol. The molecule has 2 aliphatic rings. The summed E-state index contributed by atoms with van der Waals surface area (Å²) in [6.07, 6.45) is 9.19. The fourth-order valence-electron chi connectivity index (χ4n) is 4.12. The van der Waals surface area contributed by atoms with Gasteiger partial charge in [0.05, 0.1) is 0 Å². The van der Waals surface area contributed by atoms with Gasteiger partial charge in [-0.2, -0.15) is 0 Å². The van der Waals surface area contributed by atoms with E-state index >= 15 is 0 Å². The van der Waals surface area contributed by atoms with E-state index in [2.05, 4.69) is 9.88 Å². The van der Waals surface area contributed by atoms with Crippen molar-refractivity contribution in [1.82, 2.24) is 14.8 Å². The molecule has 3 rings (SSSR count). The number of nitrogens with zero attached hydrogens (tertiary/aromatic N) is 2. The van der Waals surface area contributed by atoms with Crippen LogP contribution < -0.4 is 5.56 Å². The van der Waals surface area contributed by atoms with Gasteiger partial charge in [-0.25, -0.2) is 0 Å². The fourth-order valence-corrected chi connectivity index (χ4v) is 4.12. The van der Waals surface area contributed by atoms with Crippen LogP contribution >= 0.6 is 0 Å². The molecule has 0 unspecified atom stereocenters. The van der Waals surface area contributed by atoms with Crippen LogP contribution in [-0.2, 0) is 12.8 Å². The number of hydrogen-bond donors (Lipinski definition) is 1. The van der Waals surface area contributed by atoms with Gasteiger partial charge in [0.2, 0.25) is 0 Å². The summed E-state index contributed by atoms with van der Waals surface area (Å²) >= 11 is 0. The predicted octanol–water partition coefficient (Wildman–Crippen LogP) is 2.45. The lowest BCUT2D eigenvalue weighted by Crippen LogP contribution is -2.42. The van der Waals surface area contributed by atoms with Crippen molar-refractivity contribution in [1.29, 1.82) is 0 Å². The highest BCUT2D eigenvalue weighted by atomic mass is 16.2.